The number of hydrogen-bond donors (Lipinski definition) is 1. The molecule has 0 bridgehead atoms. The minimum Gasteiger partial charge on any atom is -0.324 e. The van der Waals surface area contributed by atoms with Crippen LogP contribution >= 0.6 is 0 Å². The van der Waals surface area contributed by atoms with Crippen molar-refractivity contribution in [3.8, 4) is 0 Å². The summed E-state index contributed by atoms with van der Waals surface area (Å²) in [7, 11) is -4.08. The van der Waals surface area contributed by atoms with Crippen LogP contribution < -0.4 is 5.32 Å². The Bertz CT molecular complexity index is 1260. The Kier molecular flexibility index (Phi) is 5.04. The fourth-order valence-corrected chi connectivity index (χ4v) is 4.44. The number of carbonyl (C=O) groups is 1. The molecule has 3 aromatic carbocycles. The van der Waals surface area contributed by atoms with Crippen LogP contribution in [0, 0.1) is 11.6 Å². The summed E-state index contributed by atoms with van der Waals surface area (Å²) in [5.41, 5.74) is 1.52. The number of nitrogens with one attached hydrogen (secondary N) is 1. The van der Waals surface area contributed by atoms with Crippen molar-refractivity contribution in [3.63, 3.8) is 0 Å². The van der Waals surface area contributed by atoms with Crippen LogP contribution in [0.5, 0.6) is 0 Å². The van der Waals surface area contributed by atoms with E-state index in [9.17, 15) is 22.0 Å². The van der Waals surface area contributed by atoms with E-state index in [-0.39, 0.29) is 10.6 Å². The number of amides is 1. The molecule has 4 rings (SSSR count). The van der Waals surface area contributed by atoms with E-state index in [2.05, 4.69) is 10.4 Å². The molecule has 1 aliphatic rings. The minimum absolute atomic E-state index is 0.000898. The van der Waals surface area contributed by atoms with Crippen molar-refractivity contribution in [1.29, 1.82) is 0 Å². The van der Waals surface area contributed by atoms with E-state index in [1.807, 2.05) is 6.07 Å². The van der Waals surface area contributed by atoms with Gasteiger partial charge >= 0.3 is 0 Å². The molecular formula is C21H15F2N3O3S. The first-order chi connectivity index (χ1) is 14.4. The van der Waals surface area contributed by atoms with Crippen molar-refractivity contribution in [3.05, 3.63) is 95.6 Å². The van der Waals surface area contributed by atoms with Crippen molar-refractivity contribution in [1.82, 2.24) is 4.41 Å². The minimum atomic E-state index is -4.08. The molecule has 0 fully saturated rings. The van der Waals surface area contributed by atoms with Crippen molar-refractivity contribution in [2.24, 2.45) is 5.10 Å². The number of benzene rings is 3. The lowest BCUT2D eigenvalue weighted by Gasteiger charge is -2.26. The predicted octanol–water partition coefficient (Wildman–Crippen LogP) is 3.36. The molecule has 1 N–H and O–H groups in total. The highest BCUT2D eigenvalue weighted by molar-refractivity contribution is 7.89. The van der Waals surface area contributed by atoms with Gasteiger partial charge in [-0.1, -0.05) is 48.5 Å². The number of nitrogens with zero attached hydrogens (tertiary/aromatic N) is 2. The lowest BCUT2D eigenvalue weighted by Crippen LogP contribution is -2.38. The zero-order valence-electron chi connectivity index (χ0n) is 15.4. The molecule has 9 heteroatoms. The zero-order valence-corrected chi connectivity index (χ0v) is 16.2. The quantitative estimate of drug-likeness (QED) is 0.694. The number of halogens is 2. The number of carbonyl (C=O) groups excluding carboxylic acids is 1. The van der Waals surface area contributed by atoms with Crippen molar-refractivity contribution >= 4 is 27.3 Å². The molecule has 0 atom stereocenters. The average molecular weight is 427 g/mol. The fourth-order valence-electron chi connectivity index (χ4n) is 3.05. The van der Waals surface area contributed by atoms with E-state index in [0.717, 1.165) is 12.1 Å². The summed E-state index contributed by atoms with van der Waals surface area (Å²) in [4.78, 5) is 12.4. The van der Waals surface area contributed by atoms with Crippen LogP contribution in [-0.2, 0) is 14.8 Å². The number of rotatable bonds is 4. The first-order valence-electron chi connectivity index (χ1n) is 8.87. The monoisotopic (exact) mass is 427 g/mol. The van der Waals surface area contributed by atoms with Gasteiger partial charge in [-0.25, -0.2) is 8.78 Å². The van der Waals surface area contributed by atoms with Gasteiger partial charge in [-0.2, -0.15) is 17.9 Å². The molecule has 0 unspecified atom stereocenters. The average Bonchev–Trinajstić information content (AvgIpc) is 2.73. The Morgan fingerprint density at radius 3 is 2.37 bits per heavy atom. The Morgan fingerprint density at radius 2 is 1.63 bits per heavy atom. The molecule has 3 aromatic rings. The summed E-state index contributed by atoms with van der Waals surface area (Å²) >= 11 is 0. The maximum absolute atomic E-state index is 13.4. The highest BCUT2D eigenvalue weighted by Crippen LogP contribution is 2.28. The van der Waals surface area contributed by atoms with E-state index in [4.69, 9.17) is 0 Å². The second-order valence-corrected chi connectivity index (χ2v) is 8.28. The van der Waals surface area contributed by atoms with Crippen molar-refractivity contribution in [2.75, 3.05) is 11.9 Å². The van der Waals surface area contributed by atoms with Crippen molar-refractivity contribution in [2.45, 2.75) is 4.90 Å². The highest BCUT2D eigenvalue weighted by atomic mass is 32.2. The summed E-state index contributed by atoms with van der Waals surface area (Å²) in [5.74, 6) is -2.93. The molecule has 0 saturated heterocycles. The standard InChI is InChI=1S/C21H15F2N3O3S/c22-17-11-10-15(12-18(17)23)24-20(27)13-26-25-21(14-6-2-1-3-7-14)16-8-4-5-9-19(16)30(26,28)29/h1-12H,13H2,(H,24,27). The molecular weight excluding hydrogens is 412 g/mol. The molecule has 30 heavy (non-hydrogen) atoms. The second-order valence-electron chi connectivity index (χ2n) is 6.47. The van der Waals surface area contributed by atoms with E-state index in [1.54, 1.807) is 42.5 Å². The normalized spacial score (nSPS) is 14.6. The highest BCUT2D eigenvalue weighted by Gasteiger charge is 2.34. The van der Waals surface area contributed by atoms with Crippen LogP contribution in [-0.4, -0.2) is 31.0 Å². The topological polar surface area (TPSA) is 78.8 Å². The SMILES string of the molecule is O=C(CN1N=C(c2ccccc2)c2ccccc2S1(=O)=O)Nc1ccc(F)c(F)c1. The van der Waals surface area contributed by atoms with Gasteiger partial charge in [-0.05, 0) is 18.2 Å². The third kappa shape index (κ3) is 3.67. The summed E-state index contributed by atoms with van der Waals surface area (Å²) in [6, 6.07) is 18.2. The van der Waals surface area contributed by atoms with Gasteiger partial charge < -0.3 is 5.32 Å². The molecule has 0 saturated carbocycles. The Balaban J connectivity index is 1.68. The van der Waals surface area contributed by atoms with Crippen molar-refractivity contribution < 1.29 is 22.0 Å². The molecule has 0 aromatic heterocycles. The summed E-state index contributed by atoms with van der Waals surface area (Å²) in [6.45, 7) is -0.633. The van der Waals surface area contributed by atoms with E-state index in [0.29, 0.717) is 21.3 Å². The van der Waals surface area contributed by atoms with Gasteiger partial charge in [0.25, 0.3) is 10.0 Å². The molecule has 0 aliphatic carbocycles. The summed E-state index contributed by atoms with van der Waals surface area (Å²) in [6.07, 6.45) is 0. The molecule has 152 valence electrons. The van der Waals surface area contributed by atoms with Crippen LogP contribution in [0.3, 0.4) is 0 Å². The van der Waals surface area contributed by atoms with Gasteiger partial charge in [0, 0.05) is 22.9 Å². The van der Waals surface area contributed by atoms with Crippen LogP contribution in [0.2, 0.25) is 0 Å². The maximum atomic E-state index is 13.4. The van der Waals surface area contributed by atoms with Gasteiger partial charge in [0.1, 0.15) is 12.3 Å². The van der Waals surface area contributed by atoms with Crippen LogP contribution in [0.15, 0.2) is 82.8 Å². The molecule has 1 aliphatic heterocycles. The lowest BCUT2D eigenvalue weighted by atomic mass is 10.0. The third-order valence-electron chi connectivity index (χ3n) is 4.44. The largest absolute Gasteiger partial charge is 0.324 e. The van der Waals surface area contributed by atoms with Gasteiger partial charge in [-0.3, -0.25) is 4.79 Å². The van der Waals surface area contributed by atoms with E-state index in [1.165, 1.54) is 12.1 Å². The first kappa shape index (κ1) is 19.7. The van der Waals surface area contributed by atoms with Crippen LogP contribution in [0.1, 0.15) is 11.1 Å². The number of hydrazone groups is 1. The smallest absolute Gasteiger partial charge is 0.280 e. The Morgan fingerprint density at radius 1 is 0.933 bits per heavy atom. The van der Waals surface area contributed by atoms with Gasteiger partial charge in [0.05, 0.1) is 4.90 Å². The maximum Gasteiger partial charge on any atom is 0.280 e. The summed E-state index contributed by atoms with van der Waals surface area (Å²) in [5, 5.41) is 6.58. The Labute approximate surface area is 171 Å². The number of anilines is 1. The molecule has 0 radical (unpaired) electrons. The van der Waals surface area contributed by atoms with Gasteiger partial charge in [0.2, 0.25) is 5.91 Å². The number of fused-ring (bicyclic) bond motifs is 1. The van der Waals surface area contributed by atoms with Crippen LogP contribution in [0.25, 0.3) is 0 Å². The van der Waals surface area contributed by atoms with Gasteiger partial charge in [-0.15, -0.1) is 0 Å². The number of sulfonamides is 1. The fraction of sp³-hybridized carbons (Fsp3) is 0.0476. The molecule has 6 nitrogen and oxygen atoms in total. The first-order valence-corrected chi connectivity index (χ1v) is 10.3. The van der Waals surface area contributed by atoms with Gasteiger partial charge in [0.15, 0.2) is 11.6 Å². The second kappa shape index (κ2) is 7.68. The van der Waals surface area contributed by atoms with E-state index >= 15 is 0 Å². The number of hydrogen-bond acceptors (Lipinski definition) is 4. The third-order valence-corrected chi connectivity index (χ3v) is 6.12. The lowest BCUT2D eigenvalue weighted by molar-refractivity contribution is -0.116. The molecule has 1 amide bonds. The molecule has 0 spiro atoms. The Hall–Kier alpha value is -3.59. The molecule has 1 heterocycles. The zero-order chi connectivity index (χ0) is 21.3. The predicted molar refractivity (Wildman–Crippen MR) is 107 cm³/mol. The van der Waals surface area contributed by atoms with E-state index < -0.39 is 34.1 Å². The summed E-state index contributed by atoms with van der Waals surface area (Å²) < 4.78 is 53.1. The van der Waals surface area contributed by atoms with Crippen LogP contribution in [0.4, 0.5) is 14.5 Å².